The number of guanidine groups is 1. The summed E-state index contributed by atoms with van der Waals surface area (Å²) in [5, 5.41) is 6.75. The van der Waals surface area contributed by atoms with Gasteiger partial charge in [-0.15, -0.1) is 0 Å². The van der Waals surface area contributed by atoms with E-state index in [4.69, 9.17) is 14.5 Å². The van der Waals surface area contributed by atoms with E-state index in [1.165, 1.54) is 7.11 Å². The molecule has 7 heteroatoms. The van der Waals surface area contributed by atoms with Gasteiger partial charge in [-0.05, 0) is 37.0 Å². The molecule has 7 nitrogen and oxygen atoms in total. The lowest BCUT2D eigenvalue weighted by Crippen LogP contribution is -2.48. The number of morpholine rings is 1. The van der Waals surface area contributed by atoms with Crippen molar-refractivity contribution in [2.24, 2.45) is 10.9 Å². The van der Waals surface area contributed by atoms with E-state index in [0.717, 1.165) is 63.9 Å². The van der Waals surface area contributed by atoms with E-state index in [9.17, 15) is 4.79 Å². The quantitative estimate of drug-likeness (QED) is 0.372. The number of nitrogens with zero attached hydrogens (tertiary/aromatic N) is 2. The first kappa shape index (κ1) is 23.2. The topological polar surface area (TPSA) is 75.2 Å². The molecule has 1 unspecified atom stereocenters. The second kappa shape index (κ2) is 12.4. The number of carbonyl (C=O) groups excluding carboxylic acids is 1. The molecule has 0 aliphatic carbocycles. The number of hydrogen-bond donors (Lipinski definition) is 2. The molecule has 2 N–H and O–H groups in total. The van der Waals surface area contributed by atoms with Crippen LogP contribution in [0.15, 0.2) is 29.3 Å². The van der Waals surface area contributed by atoms with Gasteiger partial charge < -0.3 is 20.1 Å². The SMILES string of the molecule is CCNC(=NCC(C(C)C)N1CCOCC1)NCCc1ccc(C(=O)OC)cc1. The van der Waals surface area contributed by atoms with Crippen molar-refractivity contribution >= 4 is 11.9 Å². The lowest BCUT2D eigenvalue weighted by atomic mass is 10.0. The molecule has 1 heterocycles. The number of hydrogen-bond acceptors (Lipinski definition) is 5. The van der Waals surface area contributed by atoms with Crippen LogP contribution in [0.4, 0.5) is 0 Å². The highest BCUT2D eigenvalue weighted by Crippen LogP contribution is 2.13. The Morgan fingerprint density at radius 3 is 2.48 bits per heavy atom. The zero-order chi connectivity index (χ0) is 21.1. The molecule has 1 fully saturated rings. The Kier molecular flexibility index (Phi) is 9.94. The minimum Gasteiger partial charge on any atom is -0.465 e. The fraction of sp³-hybridized carbons (Fsp3) is 0.636. The third-order valence-corrected chi connectivity index (χ3v) is 5.15. The van der Waals surface area contributed by atoms with Crippen molar-refractivity contribution in [1.29, 1.82) is 0 Å². The zero-order valence-corrected chi connectivity index (χ0v) is 18.2. The zero-order valence-electron chi connectivity index (χ0n) is 18.2. The Bertz CT molecular complexity index is 640. The Balaban J connectivity index is 1.88. The van der Waals surface area contributed by atoms with Crippen LogP contribution in [0, 0.1) is 5.92 Å². The molecule has 0 bridgehead atoms. The Hall–Kier alpha value is -2.12. The number of benzene rings is 1. The highest BCUT2D eigenvalue weighted by molar-refractivity contribution is 5.89. The summed E-state index contributed by atoms with van der Waals surface area (Å²) in [6, 6.07) is 7.95. The number of rotatable bonds is 9. The van der Waals surface area contributed by atoms with Crippen LogP contribution in [0.1, 0.15) is 36.7 Å². The predicted molar refractivity (Wildman–Crippen MR) is 116 cm³/mol. The summed E-state index contributed by atoms with van der Waals surface area (Å²) in [6.45, 7) is 12.5. The number of carbonyl (C=O) groups is 1. The van der Waals surface area contributed by atoms with Gasteiger partial charge in [-0.2, -0.15) is 0 Å². The van der Waals surface area contributed by atoms with Gasteiger partial charge in [0.25, 0.3) is 0 Å². The van der Waals surface area contributed by atoms with E-state index in [2.05, 4.69) is 36.3 Å². The van der Waals surface area contributed by atoms with Crippen LogP contribution in [0.5, 0.6) is 0 Å². The van der Waals surface area contributed by atoms with Gasteiger partial charge in [0.2, 0.25) is 0 Å². The summed E-state index contributed by atoms with van der Waals surface area (Å²) in [5.41, 5.74) is 1.73. The summed E-state index contributed by atoms with van der Waals surface area (Å²) in [4.78, 5) is 18.9. The smallest absolute Gasteiger partial charge is 0.337 e. The molecule has 1 aromatic rings. The summed E-state index contributed by atoms with van der Waals surface area (Å²) in [5.74, 6) is 1.07. The van der Waals surface area contributed by atoms with Crippen molar-refractivity contribution in [3.8, 4) is 0 Å². The summed E-state index contributed by atoms with van der Waals surface area (Å²) in [6.07, 6.45) is 0.850. The van der Waals surface area contributed by atoms with Crippen LogP contribution < -0.4 is 10.6 Å². The fourth-order valence-corrected chi connectivity index (χ4v) is 3.43. The van der Waals surface area contributed by atoms with Crippen LogP contribution >= 0.6 is 0 Å². The molecule has 1 aromatic carbocycles. The molecule has 0 amide bonds. The molecule has 0 saturated carbocycles. The molecule has 1 atom stereocenters. The van der Waals surface area contributed by atoms with Gasteiger partial charge >= 0.3 is 5.97 Å². The Morgan fingerprint density at radius 1 is 1.21 bits per heavy atom. The highest BCUT2D eigenvalue weighted by atomic mass is 16.5. The summed E-state index contributed by atoms with van der Waals surface area (Å²) >= 11 is 0. The minimum absolute atomic E-state index is 0.309. The van der Waals surface area contributed by atoms with Crippen molar-refractivity contribution in [2.45, 2.75) is 33.2 Å². The van der Waals surface area contributed by atoms with E-state index in [1.54, 1.807) is 12.1 Å². The molecule has 0 aromatic heterocycles. The molecular formula is C22H36N4O3. The normalized spacial score (nSPS) is 16.5. The standard InChI is InChI=1S/C22H36N4O3/c1-5-23-22(25-16-20(17(2)3)26-12-14-29-15-13-26)24-11-10-18-6-8-19(9-7-18)21(27)28-4/h6-9,17,20H,5,10-16H2,1-4H3,(H2,23,24,25). The lowest BCUT2D eigenvalue weighted by Gasteiger charge is -2.36. The molecule has 0 spiro atoms. The average molecular weight is 405 g/mol. The minimum atomic E-state index is -0.309. The van der Waals surface area contributed by atoms with Crippen molar-refractivity contribution in [3.05, 3.63) is 35.4 Å². The van der Waals surface area contributed by atoms with Gasteiger partial charge in [-0.1, -0.05) is 26.0 Å². The molecule has 1 saturated heterocycles. The van der Waals surface area contributed by atoms with Crippen LogP contribution in [-0.2, 0) is 15.9 Å². The average Bonchev–Trinajstić information content (AvgIpc) is 2.74. The third kappa shape index (κ3) is 7.66. The number of aliphatic imine (C=N–C) groups is 1. The van der Waals surface area contributed by atoms with Gasteiger partial charge in [0.1, 0.15) is 0 Å². The molecule has 0 radical (unpaired) electrons. The van der Waals surface area contributed by atoms with Crippen LogP contribution in [0.2, 0.25) is 0 Å². The van der Waals surface area contributed by atoms with Crippen LogP contribution in [0.25, 0.3) is 0 Å². The predicted octanol–water partition coefficient (Wildman–Crippen LogP) is 1.93. The first-order valence-electron chi connectivity index (χ1n) is 10.6. The third-order valence-electron chi connectivity index (χ3n) is 5.15. The van der Waals surface area contributed by atoms with Crippen molar-refractivity contribution in [2.75, 3.05) is 53.0 Å². The summed E-state index contributed by atoms with van der Waals surface area (Å²) in [7, 11) is 1.39. The number of methoxy groups -OCH3 is 1. The molecule has 29 heavy (non-hydrogen) atoms. The maximum atomic E-state index is 11.5. The van der Waals surface area contributed by atoms with Crippen molar-refractivity contribution in [1.82, 2.24) is 15.5 Å². The van der Waals surface area contributed by atoms with Crippen LogP contribution in [-0.4, -0.2) is 75.9 Å². The first-order chi connectivity index (χ1) is 14.0. The molecule has 1 aliphatic rings. The van der Waals surface area contributed by atoms with E-state index >= 15 is 0 Å². The van der Waals surface area contributed by atoms with E-state index in [0.29, 0.717) is 17.5 Å². The highest BCUT2D eigenvalue weighted by Gasteiger charge is 2.23. The number of esters is 1. The number of ether oxygens (including phenoxy) is 2. The second-order valence-electron chi connectivity index (χ2n) is 7.54. The van der Waals surface area contributed by atoms with Gasteiger partial charge in [0, 0.05) is 32.2 Å². The molecular weight excluding hydrogens is 368 g/mol. The first-order valence-corrected chi connectivity index (χ1v) is 10.6. The maximum Gasteiger partial charge on any atom is 0.337 e. The van der Waals surface area contributed by atoms with E-state index in [1.807, 2.05) is 12.1 Å². The monoisotopic (exact) mass is 404 g/mol. The fourth-order valence-electron chi connectivity index (χ4n) is 3.43. The Labute approximate surface area is 174 Å². The lowest BCUT2D eigenvalue weighted by molar-refractivity contribution is 0.00867. The van der Waals surface area contributed by atoms with Crippen LogP contribution in [0.3, 0.4) is 0 Å². The maximum absolute atomic E-state index is 11.5. The summed E-state index contributed by atoms with van der Waals surface area (Å²) < 4.78 is 10.2. The van der Waals surface area contributed by atoms with E-state index < -0.39 is 0 Å². The van der Waals surface area contributed by atoms with Gasteiger partial charge in [-0.25, -0.2) is 4.79 Å². The number of nitrogens with one attached hydrogen (secondary N) is 2. The van der Waals surface area contributed by atoms with Crippen molar-refractivity contribution < 1.29 is 14.3 Å². The second-order valence-corrected chi connectivity index (χ2v) is 7.54. The molecule has 1 aliphatic heterocycles. The molecule has 2 rings (SSSR count). The van der Waals surface area contributed by atoms with Gasteiger partial charge in [0.05, 0.1) is 32.4 Å². The van der Waals surface area contributed by atoms with Gasteiger partial charge in [0.15, 0.2) is 5.96 Å². The Morgan fingerprint density at radius 2 is 1.90 bits per heavy atom. The molecule has 162 valence electrons. The van der Waals surface area contributed by atoms with E-state index in [-0.39, 0.29) is 5.97 Å². The largest absolute Gasteiger partial charge is 0.465 e. The van der Waals surface area contributed by atoms with Crippen molar-refractivity contribution in [3.63, 3.8) is 0 Å². The van der Waals surface area contributed by atoms with Gasteiger partial charge in [-0.3, -0.25) is 9.89 Å².